The summed E-state index contributed by atoms with van der Waals surface area (Å²) in [6, 6.07) is 3.78. The number of halogens is 1. The monoisotopic (exact) mass is 276 g/mol. The second kappa shape index (κ2) is 4.73. The molecule has 0 bridgehead atoms. The van der Waals surface area contributed by atoms with Crippen LogP contribution in [0.3, 0.4) is 0 Å². The minimum atomic E-state index is -0.247. The molecule has 0 amide bonds. The second-order valence-electron chi connectivity index (χ2n) is 3.60. The maximum absolute atomic E-state index is 9.92. The quantitative estimate of drug-likeness (QED) is 0.922. The van der Waals surface area contributed by atoms with Crippen LogP contribution in [0.2, 0.25) is 0 Å². The molecule has 1 aromatic rings. The lowest BCUT2D eigenvalue weighted by Gasteiger charge is -2.15. The van der Waals surface area contributed by atoms with Crippen molar-refractivity contribution in [1.29, 1.82) is 0 Å². The van der Waals surface area contributed by atoms with E-state index in [1.807, 2.05) is 23.9 Å². The number of rotatable bonds is 3. The molecule has 78 valence electrons. The van der Waals surface area contributed by atoms with Gasteiger partial charge >= 0.3 is 0 Å². The van der Waals surface area contributed by atoms with E-state index in [-0.39, 0.29) is 6.10 Å². The first-order chi connectivity index (χ1) is 6.75. The topological polar surface area (TPSA) is 33.4 Å². The van der Waals surface area contributed by atoms with Crippen molar-refractivity contribution in [3.8, 4) is 0 Å². The van der Waals surface area contributed by atoms with E-state index in [4.69, 9.17) is 4.42 Å². The highest BCUT2D eigenvalue weighted by atomic mass is 79.9. The highest BCUT2D eigenvalue weighted by Gasteiger charge is 2.24. The van der Waals surface area contributed by atoms with E-state index in [9.17, 15) is 5.11 Å². The van der Waals surface area contributed by atoms with Gasteiger partial charge in [0.15, 0.2) is 4.67 Å². The lowest BCUT2D eigenvalue weighted by atomic mass is 9.98. The van der Waals surface area contributed by atoms with Crippen LogP contribution in [0.5, 0.6) is 0 Å². The van der Waals surface area contributed by atoms with Gasteiger partial charge in [0.25, 0.3) is 0 Å². The second-order valence-corrected chi connectivity index (χ2v) is 5.53. The van der Waals surface area contributed by atoms with Crippen LogP contribution in [0.4, 0.5) is 0 Å². The molecule has 0 spiro atoms. The van der Waals surface area contributed by atoms with Gasteiger partial charge in [0, 0.05) is 6.42 Å². The zero-order chi connectivity index (χ0) is 9.97. The Balaban J connectivity index is 1.90. The third-order valence-electron chi connectivity index (χ3n) is 2.55. The summed E-state index contributed by atoms with van der Waals surface area (Å²) < 4.78 is 6.10. The van der Waals surface area contributed by atoms with Gasteiger partial charge in [-0.25, -0.2) is 0 Å². The summed E-state index contributed by atoms with van der Waals surface area (Å²) in [5.74, 6) is 3.58. The fourth-order valence-corrected chi connectivity index (χ4v) is 3.36. The fraction of sp³-hybridized carbons (Fsp3) is 0.600. The van der Waals surface area contributed by atoms with E-state index in [2.05, 4.69) is 15.9 Å². The smallest absolute Gasteiger partial charge is 0.169 e. The minimum Gasteiger partial charge on any atom is -0.454 e. The Bertz CT molecular complexity index is 294. The number of aliphatic hydroxyl groups excluding tert-OH is 1. The first-order valence-electron chi connectivity index (χ1n) is 4.76. The third kappa shape index (κ3) is 2.55. The molecule has 1 aromatic heterocycles. The van der Waals surface area contributed by atoms with Gasteiger partial charge in [-0.2, -0.15) is 11.8 Å². The number of aliphatic hydroxyl groups is 1. The van der Waals surface area contributed by atoms with Gasteiger partial charge in [-0.15, -0.1) is 0 Å². The average Bonchev–Trinajstić information content (AvgIpc) is 2.75. The maximum Gasteiger partial charge on any atom is 0.169 e. The molecule has 2 unspecified atom stereocenters. The summed E-state index contributed by atoms with van der Waals surface area (Å²) in [5, 5.41) is 9.92. The van der Waals surface area contributed by atoms with E-state index >= 15 is 0 Å². The zero-order valence-electron chi connectivity index (χ0n) is 7.78. The molecular weight excluding hydrogens is 264 g/mol. The molecule has 2 heterocycles. The first-order valence-corrected chi connectivity index (χ1v) is 6.70. The van der Waals surface area contributed by atoms with E-state index in [1.54, 1.807) is 0 Å². The standard InChI is InChI=1S/C10H13BrO2S/c11-10-2-1-8(13-10)5-9(12)7-3-4-14-6-7/h1-2,7,9,12H,3-6H2. The van der Waals surface area contributed by atoms with E-state index in [0.29, 0.717) is 12.3 Å². The molecule has 0 saturated carbocycles. The Morgan fingerprint density at radius 2 is 2.50 bits per heavy atom. The number of furan rings is 1. The molecule has 1 N–H and O–H groups in total. The molecule has 0 aromatic carbocycles. The van der Waals surface area contributed by atoms with Gasteiger partial charge in [0.05, 0.1) is 6.10 Å². The Labute approximate surface area is 96.2 Å². The van der Waals surface area contributed by atoms with Crippen molar-refractivity contribution in [3.05, 3.63) is 22.6 Å². The molecule has 4 heteroatoms. The molecule has 1 fully saturated rings. The Morgan fingerprint density at radius 3 is 3.07 bits per heavy atom. The van der Waals surface area contributed by atoms with Crippen molar-refractivity contribution < 1.29 is 9.52 Å². The lowest BCUT2D eigenvalue weighted by Crippen LogP contribution is -2.22. The lowest BCUT2D eigenvalue weighted by molar-refractivity contribution is 0.114. The molecule has 14 heavy (non-hydrogen) atoms. The average molecular weight is 277 g/mol. The Morgan fingerprint density at radius 1 is 1.64 bits per heavy atom. The number of thioether (sulfide) groups is 1. The zero-order valence-corrected chi connectivity index (χ0v) is 10.2. The minimum absolute atomic E-state index is 0.247. The van der Waals surface area contributed by atoms with Gasteiger partial charge in [0.2, 0.25) is 0 Å². The molecular formula is C10H13BrO2S. The Kier molecular flexibility index (Phi) is 3.57. The molecule has 1 aliphatic rings. The van der Waals surface area contributed by atoms with Crippen molar-refractivity contribution >= 4 is 27.7 Å². The SMILES string of the molecule is OC(Cc1ccc(Br)o1)C1CCSC1. The summed E-state index contributed by atoms with van der Waals surface area (Å²) in [4.78, 5) is 0. The van der Waals surface area contributed by atoms with Crippen LogP contribution in [0.1, 0.15) is 12.2 Å². The van der Waals surface area contributed by atoms with Crippen LogP contribution in [0.15, 0.2) is 21.2 Å². The maximum atomic E-state index is 9.92. The van der Waals surface area contributed by atoms with Gasteiger partial charge in [-0.3, -0.25) is 0 Å². The molecule has 0 aliphatic carbocycles. The molecule has 2 nitrogen and oxygen atoms in total. The van der Waals surface area contributed by atoms with Crippen molar-refractivity contribution in [2.24, 2.45) is 5.92 Å². The van der Waals surface area contributed by atoms with E-state index in [0.717, 1.165) is 22.6 Å². The van der Waals surface area contributed by atoms with Crippen LogP contribution in [0, 0.1) is 5.92 Å². The highest BCUT2D eigenvalue weighted by Crippen LogP contribution is 2.28. The van der Waals surface area contributed by atoms with Crippen LogP contribution in [-0.2, 0) is 6.42 Å². The molecule has 2 rings (SSSR count). The molecule has 2 atom stereocenters. The van der Waals surface area contributed by atoms with Crippen LogP contribution < -0.4 is 0 Å². The normalized spacial score (nSPS) is 24.0. The Hall–Kier alpha value is 0.0700. The van der Waals surface area contributed by atoms with Gasteiger partial charge in [-0.1, -0.05) is 0 Å². The van der Waals surface area contributed by atoms with Crippen molar-refractivity contribution in [2.45, 2.75) is 18.9 Å². The summed E-state index contributed by atoms with van der Waals surface area (Å²) in [7, 11) is 0. The van der Waals surface area contributed by atoms with Crippen LogP contribution in [0.25, 0.3) is 0 Å². The predicted molar refractivity (Wildman–Crippen MR) is 61.6 cm³/mol. The molecule has 1 saturated heterocycles. The van der Waals surface area contributed by atoms with Gasteiger partial charge in [-0.05, 0) is 51.9 Å². The summed E-state index contributed by atoms with van der Waals surface area (Å²) in [6.07, 6.45) is 1.52. The van der Waals surface area contributed by atoms with Crippen LogP contribution in [-0.4, -0.2) is 22.7 Å². The van der Waals surface area contributed by atoms with Crippen molar-refractivity contribution in [1.82, 2.24) is 0 Å². The highest BCUT2D eigenvalue weighted by molar-refractivity contribution is 9.10. The van der Waals surface area contributed by atoms with Crippen LogP contribution >= 0.6 is 27.7 Å². The van der Waals surface area contributed by atoms with Crippen molar-refractivity contribution in [3.63, 3.8) is 0 Å². The number of hydrogen-bond donors (Lipinski definition) is 1. The van der Waals surface area contributed by atoms with Crippen molar-refractivity contribution in [2.75, 3.05) is 11.5 Å². The summed E-state index contributed by atoms with van der Waals surface area (Å²) >= 11 is 5.18. The van der Waals surface area contributed by atoms with Gasteiger partial charge < -0.3 is 9.52 Å². The van der Waals surface area contributed by atoms with E-state index in [1.165, 1.54) is 5.75 Å². The summed E-state index contributed by atoms with van der Waals surface area (Å²) in [5.41, 5.74) is 0. The molecule has 1 aliphatic heterocycles. The largest absolute Gasteiger partial charge is 0.454 e. The first kappa shape index (κ1) is 10.6. The summed E-state index contributed by atoms with van der Waals surface area (Å²) in [6.45, 7) is 0. The van der Waals surface area contributed by atoms with Gasteiger partial charge in [0.1, 0.15) is 5.76 Å². The fourth-order valence-electron chi connectivity index (χ4n) is 1.69. The predicted octanol–water partition coefficient (Wildman–Crippen LogP) is 2.70. The number of hydrogen-bond acceptors (Lipinski definition) is 3. The molecule has 0 radical (unpaired) electrons. The van der Waals surface area contributed by atoms with E-state index < -0.39 is 0 Å². The third-order valence-corrected chi connectivity index (χ3v) is 4.16.